The molecule has 1 aliphatic rings. The summed E-state index contributed by atoms with van der Waals surface area (Å²) in [5.74, 6) is -0.344. The summed E-state index contributed by atoms with van der Waals surface area (Å²) in [5, 5.41) is 6.56. The van der Waals surface area contributed by atoms with Crippen LogP contribution >= 0.6 is 0 Å². The van der Waals surface area contributed by atoms with Gasteiger partial charge in [-0.3, -0.25) is 19.3 Å². The van der Waals surface area contributed by atoms with Gasteiger partial charge in [0.15, 0.2) is 11.5 Å². The van der Waals surface area contributed by atoms with Crippen molar-refractivity contribution in [2.45, 2.75) is 65.0 Å². The molecule has 7 nitrogen and oxygen atoms in total. The largest absolute Gasteiger partial charge is 0.451 e. The number of fused-ring (bicyclic) bond motifs is 1. The highest BCUT2D eigenvalue weighted by Crippen LogP contribution is 2.19. The molecule has 0 saturated carbocycles. The van der Waals surface area contributed by atoms with Crippen LogP contribution in [0.5, 0.6) is 0 Å². The Labute approximate surface area is 189 Å². The van der Waals surface area contributed by atoms with Crippen LogP contribution in [-0.4, -0.2) is 54.2 Å². The van der Waals surface area contributed by atoms with Gasteiger partial charge in [-0.1, -0.05) is 45.4 Å². The summed E-state index contributed by atoms with van der Waals surface area (Å²) in [4.78, 5) is 40.8. The quantitative estimate of drug-likeness (QED) is 0.621. The predicted octanol–water partition coefficient (Wildman–Crippen LogP) is 3.53. The first-order valence-corrected chi connectivity index (χ1v) is 11.7. The summed E-state index contributed by atoms with van der Waals surface area (Å²) in [5.41, 5.74) is 0.624. The average Bonchev–Trinajstić information content (AvgIpc) is 3.12. The van der Waals surface area contributed by atoms with Crippen molar-refractivity contribution in [1.29, 1.82) is 0 Å². The van der Waals surface area contributed by atoms with Crippen molar-refractivity contribution in [2.75, 3.05) is 19.6 Å². The number of hydrogen-bond donors (Lipinski definition) is 2. The molecule has 2 atom stereocenters. The lowest BCUT2D eigenvalue weighted by Crippen LogP contribution is -2.52. The van der Waals surface area contributed by atoms with E-state index in [9.17, 15) is 14.4 Å². The van der Waals surface area contributed by atoms with Crippen LogP contribution in [0.2, 0.25) is 0 Å². The smallest absolute Gasteiger partial charge is 0.287 e. The van der Waals surface area contributed by atoms with E-state index in [2.05, 4.69) is 22.5 Å². The minimum absolute atomic E-state index is 0.0406. The number of furan rings is 1. The monoisotopic (exact) mass is 441 g/mol. The lowest BCUT2D eigenvalue weighted by molar-refractivity contribution is -0.129. The number of amides is 2. The lowest BCUT2D eigenvalue weighted by Gasteiger charge is -2.23. The Bertz CT molecular complexity index is 903. The lowest BCUT2D eigenvalue weighted by atomic mass is 10.0. The summed E-state index contributed by atoms with van der Waals surface area (Å²) < 4.78 is 5.64. The van der Waals surface area contributed by atoms with Gasteiger partial charge in [0.25, 0.3) is 5.91 Å². The highest BCUT2D eigenvalue weighted by Gasteiger charge is 2.30. The summed E-state index contributed by atoms with van der Waals surface area (Å²) >= 11 is 0. The number of rotatable bonds is 9. The molecule has 0 radical (unpaired) electrons. The van der Waals surface area contributed by atoms with E-state index in [0.29, 0.717) is 25.0 Å². The first-order chi connectivity index (χ1) is 15.4. The second-order valence-corrected chi connectivity index (χ2v) is 9.10. The highest BCUT2D eigenvalue weighted by atomic mass is 16.3. The van der Waals surface area contributed by atoms with Crippen LogP contribution in [0.3, 0.4) is 0 Å². The Kier molecular flexibility index (Phi) is 8.45. The topological polar surface area (TPSA) is 91.7 Å². The van der Waals surface area contributed by atoms with Crippen LogP contribution in [0, 0.1) is 5.92 Å². The van der Waals surface area contributed by atoms with Crippen LogP contribution in [0.4, 0.5) is 0 Å². The second-order valence-electron chi connectivity index (χ2n) is 9.10. The molecule has 32 heavy (non-hydrogen) atoms. The number of Topliss-reactive ketones (excluding diaryl/α,β-unsaturated/α-hetero) is 1. The molecular weight excluding hydrogens is 406 g/mol. The maximum Gasteiger partial charge on any atom is 0.287 e. The standard InChI is InChI=1S/C25H35N3O4/c1-4-5-12-28-13-8-10-19(21(29)16-28)26-24(30)20(14-17(2)3)27-25(31)23-15-18-9-6-7-11-22(18)32-23/h6-7,9,11,15,17,19-20H,4-5,8,10,12-14,16H2,1-3H3,(H,26,30)(H,27,31)/t19-,20?/m0/s1. The minimum Gasteiger partial charge on any atom is -0.451 e. The zero-order chi connectivity index (χ0) is 23.1. The molecule has 7 heteroatoms. The number of ketones is 1. The molecule has 2 N–H and O–H groups in total. The fourth-order valence-electron chi connectivity index (χ4n) is 4.11. The fourth-order valence-corrected chi connectivity index (χ4v) is 4.11. The van der Waals surface area contributed by atoms with E-state index in [0.717, 1.165) is 37.7 Å². The fraction of sp³-hybridized carbons (Fsp3) is 0.560. The van der Waals surface area contributed by atoms with Gasteiger partial charge in [-0.25, -0.2) is 0 Å². The molecule has 2 amide bonds. The molecule has 1 aromatic carbocycles. The Morgan fingerprint density at radius 3 is 2.75 bits per heavy atom. The van der Waals surface area contributed by atoms with Crippen molar-refractivity contribution < 1.29 is 18.8 Å². The normalized spacial score (nSPS) is 18.5. The zero-order valence-electron chi connectivity index (χ0n) is 19.4. The van der Waals surface area contributed by atoms with Crippen LogP contribution in [-0.2, 0) is 9.59 Å². The molecule has 1 aromatic heterocycles. The van der Waals surface area contributed by atoms with Gasteiger partial charge in [-0.2, -0.15) is 0 Å². The number of carbonyl (C=O) groups is 3. The van der Waals surface area contributed by atoms with Crippen LogP contribution in [0.1, 0.15) is 63.4 Å². The Hall–Kier alpha value is -2.67. The van der Waals surface area contributed by atoms with Crippen molar-refractivity contribution in [1.82, 2.24) is 15.5 Å². The molecular formula is C25H35N3O4. The summed E-state index contributed by atoms with van der Waals surface area (Å²) in [6, 6.07) is 7.82. The first-order valence-electron chi connectivity index (χ1n) is 11.7. The van der Waals surface area contributed by atoms with E-state index >= 15 is 0 Å². The first kappa shape index (κ1) is 24.0. The molecule has 0 spiro atoms. The minimum atomic E-state index is -0.733. The molecule has 0 bridgehead atoms. The van der Waals surface area contributed by atoms with E-state index in [4.69, 9.17) is 4.42 Å². The van der Waals surface area contributed by atoms with Gasteiger partial charge in [0.1, 0.15) is 11.6 Å². The van der Waals surface area contributed by atoms with Gasteiger partial charge in [-0.05, 0) is 56.8 Å². The Morgan fingerprint density at radius 1 is 1.25 bits per heavy atom. The number of benzene rings is 1. The van der Waals surface area contributed by atoms with Crippen molar-refractivity contribution in [3.8, 4) is 0 Å². The highest BCUT2D eigenvalue weighted by molar-refractivity contribution is 5.99. The third-order valence-electron chi connectivity index (χ3n) is 5.86. The van der Waals surface area contributed by atoms with Gasteiger partial charge < -0.3 is 15.1 Å². The SMILES string of the molecule is CCCCN1CCC[C@H](NC(=O)C(CC(C)C)NC(=O)c2cc3ccccc3o2)C(=O)C1. The van der Waals surface area contributed by atoms with Gasteiger partial charge >= 0.3 is 0 Å². The van der Waals surface area contributed by atoms with E-state index in [1.54, 1.807) is 12.1 Å². The molecule has 1 fully saturated rings. The zero-order valence-corrected chi connectivity index (χ0v) is 19.4. The van der Waals surface area contributed by atoms with Gasteiger partial charge in [0, 0.05) is 5.39 Å². The van der Waals surface area contributed by atoms with Crippen molar-refractivity contribution in [3.63, 3.8) is 0 Å². The maximum absolute atomic E-state index is 13.1. The maximum atomic E-state index is 13.1. The molecule has 1 aliphatic heterocycles. The van der Waals surface area contributed by atoms with Gasteiger partial charge in [0.2, 0.25) is 5.91 Å². The number of carbonyl (C=O) groups excluding carboxylic acids is 3. The summed E-state index contributed by atoms with van der Waals surface area (Å²) in [6.45, 7) is 8.27. The third-order valence-corrected chi connectivity index (χ3v) is 5.86. The number of likely N-dealkylation sites (tertiary alicyclic amines) is 1. The van der Waals surface area contributed by atoms with E-state index in [-0.39, 0.29) is 23.4 Å². The molecule has 1 saturated heterocycles. The summed E-state index contributed by atoms with van der Waals surface area (Å²) in [7, 11) is 0. The molecule has 3 rings (SSSR count). The predicted molar refractivity (Wildman–Crippen MR) is 124 cm³/mol. The van der Waals surface area contributed by atoms with E-state index in [1.807, 2.05) is 32.0 Å². The van der Waals surface area contributed by atoms with E-state index < -0.39 is 18.0 Å². The van der Waals surface area contributed by atoms with Crippen LogP contribution in [0.15, 0.2) is 34.7 Å². The number of para-hydroxylation sites is 1. The number of nitrogens with zero attached hydrogens (tertiary/aromatic N) is 1. The second kappa shape index (κ2) is 11.3. The van der Waals surface area contributed by atoms with Gasteiger partial charge in [-0.15, -0.1) is 0 Å². The van der Waals surface area contributed by atoms with Crippen molar-refractivity contribution in [2.24, 2.45) is 5.92 Å². The Morgan fingerprint density at radius 2 is 2.03 bits per heavy atom. The van der Waals surface area contributed by atoms with Gasteiger partial charge in [0.05, 0.1) is 12.6 Å². The molecule has 0 aliphatic carbocycles. The molecule has 2 aromatic rings. The van der Waals surface area contributed by atoms with Crippen molar-refractivity contribution >= 4 is 28.6 Å². The number of unbranched alkanes of at least 4 members (excludes halogenated alkanes) is 1. The van der Waals surface area contributed by atoms with E-state index in [1.165, 1.54) is 0 Å². The third kappa shape index (κ3) is 6.42. The number of nitrogens with one attached hydrogen (secondary N) is 2. The Balaban J connectivity index is 1.65. The molecule has 174 valence electrons. The number of hydrogen-bond acceptors (Lipinski definition) is 5. The molecule has 2 heterocycles. The van der Waals surface area contributed by atoms with Crippen LogP contribution in [0.25, 0.3) is 11.0 Å². The van der Waals surface area contributed by atoms with Crippen LogP contribution < -0.4 is 10.6 Å². The average molecular weight is 442 g/mol. The molecule has 1 unspecified atom stereocenters. The summed E-state index contributed by atoms with van der Waals surface area (Å²) in [6.07, 6.45) is 4.11. The van der Waals surface area contributed by atoms with Crippen molar-refractivity contribution in [3.05, 3.63) is 36.1 Å².